The minimum atomic E-state index is -0.790. The monoisotopic (exact) mass is 249 g/mol. The fourth-order valence-electron chi connectivity index (χ4n) is 2.13. The maximum absolute atomic E-state index is 11.2. The molecule has 0 saturated carbocycles. The van der Waals surface area contributed by atoms with Gasteiger partial charge in [0.25, 0.3) is 0 Å². The second-order valence-electron chi connectivity index (χ2n) is 5.31. The van der Waals surface area contributed by atoms with Gasteiger partial charge in [-0.1, -0.05) is 37.6 Å². The highest BCUT2D eigenvalue weighted by molar-refractivity contribution is 5.73. The minimum absolute atomic E-state index is 0.0356. The number of benzene rings is 1. The van der Waals surface area contributed by atoms with E-state index in [2.05, 4.69) is 30.4 Å². The Kier molecular flexibility index (Phi) is 4.91. The van der Waals surface area contributed by atoms with Gasteiger partial charge in [0.1, 0.15) is 6.04 Å². The Hall–Kier alpha value is -1.35. The van der Waals surface area contributed by atoms with Crippen LogP contribution in [0.5, 0.6) is 0 Å². The molecule has 2 atom stereocenters. The Balaban J connectivity index is 2.90. The third-order valence-electron chi connectivity index (χ3n) is 3.26. The molecule has 0 aliphatic rings. The van der Waals surface area contributed by atoms with Crippen LogP contribution in [0.15, 0.2) is 18.2 Å². The van der Waals surface area contributed by atoms with Crippen LogP contribution < -0.4 is 5.32 Å². The van der Waals surface area contributed by atoms with Gasteiger partial charge in [-0.15, -0.1) is 0 Å². The second-order valence-corrected chi connectivity index (χ2v) is 5.31. The first-order valence-corrected chi connectivity index (χ1v) is 6.39. The van der Waals surface area contributed by atoms with Crippen LogP contribution in [0.25, 0.3) is 0 Å². The van der Waals surface area contributed by atoms with Crippen molar-refractivity contribution in [3.05, 3.63) is 34.9 Å². The number of rotatable bonds is 5. The minimum Gasteiger partial charge on any atom is -0.480 e. The largest absolute Gasteiger partial charge is 0.480 e. The van der Waals surface area contributed by atoms with Gasteiger partial charge in [0, 0.05) is 6.04 Å². The second kappa shape index (κ2) is 6.01. The molecule has 18 heavy (non-hydrogen) atoms. The van der Waals surface area contributed by atoms with Gasteiger partial charge in [-0.25, -0.2) is 0 Å². The molecule has 2 unspecified atom stereocenters. The van der Waals surface area contributed by atoms with Crippen LogP contribution in [0.1, 0.15) is 43.5 Å². The van der Waals surface area contributed by atoms with Gasteiger partial charge >= 0.3 is 5.97 Å². The van der Waals surface area contributed by atoms with Gasteiger partial charge in [0.05, 0.1) is 0 Å². The van der Waals surface area contributed by atoms with Crippen LogP contribution in [0.2, 0.25) is 0 Å². The van der Waals surface area contributed by atoms with Crippen molar-refractivity contribution in [1.29, 1.82) is 0 Å². The standard InChI is InChI=1S/C15H23NO2/c1-9(2)14(15(17)18)16-12(5)13-8-10(3)6-7-11(13)4/h6-9,12,14,16H,1-5H3,(H,17,18). The van der Waals surface area contributed by atoms with Gasteiger partial charge in [-0.3, -0.25) is 10.1 Å². The Labute approximate surface area is 109 Å². The molecule has 2 N–H and O–H groups in total. The summed E-state index contributed by atoms with van der Waals surface area (Å²) in [6.07, 6.45) is 0. The van der Waals surface area contributed by atoms with E-state index in [0.29, 0.717) is 0 Å². The lowest BCUT2D eigenvalue weighted by Crippen LogP contribution is -2.42. The zero-order valence-electron chi connectivity index (χ0n) is 11.8. The third-order valence-corrected chi connectivity index (χ3v) is 3.26. The Morgan fingerprint density at radius 1 is 1.22 bits per heavy atom. The summed E-state index contributed by atoms with van der Waals surface area (Å²) in [7, 11) is 0. The first-order valence-electron chi connectivity index (χ1n) is 6.39. The first-order chi connectivity index (χ1) is 8.32. The molecule has 1 aromatic rings. The number of carboxylic acids is 1. The molecule has 0 saturated heterocycles. The van der Waals surface area contributed by atoms with E-state index in [1.165, 1.54) is 16.7 Å². The summed E-state index contributed by atoms with van der Waals surface area (Å²) in [5, 5.41) is 12.4. The molecule has 0 aromatic heterocycles. The molecule has 0 spiro atoms. The number of aliphatic carboxylic acids is 1. The van der Waals surface area contributed by atoms with Crippen molar-refractivity contribution in [3.63, 3.8) is 0 Å². The van der Waals surface area contributed by atoms with Crippen molar-refractivity contribution in [2.75, 3.05) is 0 Å². The van der Waals surface area contributed by atoms with Crippen LogP contribution >= 0.6 is 0 Å². The zero-order valence-corrected chi connectivity index (χ0v) is 11.8. The van der Waals surface area contributed by atoms with E-state index >= 15 is 0 Å². The number of nitrogens with one attached hydrogen (secondary N) is 1. The molecule has 0 amide bonds. The van der Waals surface area contributed by atoms with E-state index in [1.54, 1.807) is 0 Å². The maximum Gasteiger partial charge on any atom is 0.320 e. The highest BCUT2D eigenvalue weighted by Gasteiger charge is 2.23. The summed E-state index contributed by atoms with van der Waals surface area (Å²) in [5.74, 6) is -0.725. The fraction of sp³-hybridized carbons (Fsp3) is 0.533. The van der Waals surface area contributed by atoms with Crippen LogP contribution in [-0.2, 0) is 4.79 Å². The summed E-state index contributed by atoms with van der Waals surface area (Å²) in [4.78, 5) is 11.2. The molecule has 0 radical (unpaired) electrons. The molecular weight excluding hydrogens is 226 g/mol. The van der Waals surface area contributed by atoms with E-state index < -0.39 is 12.0 Å². The quantitative estimate of drug-likeness (QED) is 0.843. The predicted octanol–water partition coefficient (Wildman–Crippen LogP) is 3.06. The lowest BCUT2D eigenvalue weighted by molar-refractivity contribution is -0.140. The Bertz CT molecular complexity index is 427. The van der Waals surface area contributed by atoms with Gasteiger partial charge in [-0.2, -0.15) is 0 Å². The van der Waals surface area contributed by atoms with Crippen molar-refractivity contribution in [1.82, 2.24) is 5.32 Å². The van der Waals surface area contributed by atoms with Gasteiger partial charge < -0.3 is 5.11 Å². The Morgan fingerprint density at radius 3 is 2.33 bits per heavy atom. The number of carboxylic acid groups (broad SMARTS) is 1. The maximum atomic E-state index is 11.2. The molecule has 0 heterocycles. The van der Waals surface area contributed by atoms with E-state index in [4.69, 9.17) is 0 Å². The van der Waals surface area contributed by atoms with Crippen LogP contribution in [0, 0.1) is 19.8 Å². The van der Waals surface area contributed by atoms with Crippen molar-refractivity contribution < 1.29 is 9.90 Å². The fourth-order valence-corrected chi connectivity index (χ4v) is 2.13. The van der Waals surface area contributed by atoms with Crippen molar-refractivity contribution in [3.8, 4) is 0 Å². The molecule has 100 valence electrons. The molecule has 0 fully saturated rings. The molecule has 1 rings (SSSR count). The number of hydrogen-bond acceptors (Lipinski definition) is 2. The molecule has 3 nitrogen and oxygen atoms in total. The first kappa shape index (κ1) is 14.7. The van der Waals surface area contributed by atoms with Crippen molar-refractivity contribution in [2.45, 2.75) is 46.7 Å². The van der Waals surface area contributed by atoms with Gasteiger partial charge in [0.2, 0.25) is 0 Å². The van der Waals surface area contributed by atoms with Crippen LogP contribution in [0.4, 0.5) is 0 Å². The molecule has 3 heteroatoms. The summed E-state index contributed by atoms with van der Waals surface area (Å²) < 4.78 is 0. The number of carbonyl (C=O) groups is 1. The highest BCUT2D eigenvalue weighted by Crippen LogP contribution is 2.20. The van der Waals surface area contributed by atoms with Gasteiger partial charge in [-0.05, 0) is 37.8 Å². The van der Waals surface area contributed by atoms with Crippen molar-refractivity contribution in [2.24, 2.45) is 5.92 Å². The number of aryl methyl sites for hydroxylation is 2. The molecular formula is C15H23NO2. The topological polar surface area (TPSA) is 49.3 Å². The Morgan fingerprint density at radius 2 is 1.83 bits per heavy atom. The smallest absolute Gasteiger partial charge is 0.320 e. The molecule has 0 aliphatic heterocycles. The predicted molar refractivity (Wildman–Crippen MR) is 73.7 cm³/mol. The summed E-state index contributed by atoms with van der Waals surface area (Å²) >= 11 is 0. The average Bonchev–Trinajstić information content (AvgIpc) is 2.28. The van der Waals surface area contributed by atoms with Crippen LogP contribution in [0.3, 0.4) is 0 Å². The zero-order chi connectivity index (χ0) is 13.9. The van der Waals surface area contributed by atoms with E-state index in [9.17, 15) is 9.90 Å². The summed E-state index contributed by atoms with van der Waals surface area (Å²) in [6.45, 7) is 9.95. The summed E-state index contributed by atoms with van der Waals surface area (Å²) in [6, 6.07) is 5.79. The van der Waals surface area contributed by atoms with Crippen LogP contribution in [-0.4, -0.2) is 17.1 Å². The van der Waals surface area contributed by atoms with E-state index in [1.807, 2.05) is 27.7 Å². The molecule has 0 bridgehead atoms. The summed E-state index contributed by atoms with van der Waals surface area (Å²) in [5.41, 5.74) is 3.55. The normalized spacial score (nSPS) is 14.6. The highest BCUT2D eigenvalue weighted by atomic mass is 16.4. The molecule has 1 aromatic carbocycles. The van der Waals surface area contributed by atoms with Gasteiger partial charge in [0.15, 0.2) is 0 Å². The lowest BCUT2D eigenvalue weighted by atomic mass is 9.97. The number of hydrogen-bond donors (Lipinski definition) is 2. The van der Waals surface area contributed by atoms with Crippen molar-refractivity contribution >= 4 is 5.97 Å². The SMILES string of the molecule is Cc1ccc(C)c(C(C)NC(C(=O)O)C(C)C)c1. The molecule has 0 aliphatic carbocycles. The van der Waals surface area contributed by atoms with E-state index in [0.717, 1.165) is 0 Å². The average molecular weight is 249 g/mol. The van der Waals surface area contributed by atoms with E-state index in [-0.39, 0.29) is 12.0 Å². The third kappa shape index (κ3) is 3.57. The lowest BCUT2D eigenvalue weighted by Gasteiger charge is -2.24.